The van der Waals surface area contributed by atoms with Gasteiger partial charge in [0.1, 0.15) is 5.75 Å². The fourth-order valence-corrected chi connectivity index (χ4v) is 4.56. The molecule has 0 amide bonds. The molecule has 0 unspecified atom stereocenters. The van der Waals surface area contributed by atoms with Gasteiger partial charge in [-0.15, -0.1) is 10.2 Å². The Labute approximate surface area is 200 Å². The maximum atomic E-state index is 13.1. The van der Waals surface area contributed by atoms with E-state index >= 15 is 0 Å². The van der Waals surface area contributed by atoms with E-state index in [4.69, 9.17) is 4.74 Å². The van der Waals surface area contributed by atoms with Gasteiger partial charge in [0.05, 0.1) is 18.4 Å². The molecule has 0 N–H and O–H groups in total. The predicted molar refractivity (Wildman–Crippen MR) is 128 cm³/mol. The van der Waals surface area contributed by atoms with Gasteiger partial charge in [-0.05, 0) is 53.4 Å². The van der Waals surface area contributed by atoms with Crippen molar-refractivity contribution in [2.45, 2.75) is 36.9 Å². The van der Waals surface area contributed by atoms with Gasteiger partial charge in [0.2, 0.25) is 0 Å². The van der Waals surface area contributed by atoms with Gasteiger partial charge in [-0.3, -0.25) is 4.57 Å². The molecule has 34 heavy (non-hydrogen) atoms. The third-order valence-electron chi connectivity index (χ3n) is 5.40. The van der Waals surface area contributed by atoms with E-state index in [2.05, 4.69) is 30.1 Å². The maximum Gasteiger partial charge on any atom is 0.416 e. The summed E-state index contributed by atoms with van der Waals surface area (Å²) in [5.74, 6) is 1.97. The minimum Gasteiger partial charge on any atom is -0.497 e. The van der Waals surface area contributed by atoms with Crippen LogP contribution in [0.3, 0.4) is 0 Å². The number of methoxy groups -OCH3 is 1. The van der Waals surface area contributed by atoms with Crippen molar-refractivity contribution in [1.29, 1.82) is 0 Å². The zero-order valence-corrected chi connectivity index (χ0v) is 19.8. The molecule has 0 aliphatic carbocycles. The molecule has 1 heterocycles. The Bertz CT molecular complexity index is 1270. The van der Waals surface area contributed by atoms with Crippen LogP contribution in [0.2, 0.25) is 0 Å². The van der Waals surface area contributed by atoms with Gasteiger partial charge in [-0.1, -0.05) is 62.0 Å². The van der Waals surface area contributed by atoms with E-state index in [0.717, 1.165) is 28.6 Å². The zero-order valence-electron chi connectivity index (χ0n) is 19.0. The van der Waals surface area contributed by atoms with Gasteiger partial charge in [0, 0.05) is 11.3 Å². The van der Waals surface area contributed by atoms with Gasteiger partial charge in [0.15, 0.2) is 11.0 Å². The summed E-state index contributed by atoms with van der Waals surface area (Å²) in [4.78, 5) is 0. The summed E-state index contributed by atoms with van der Waals surface area (Å²) < 4.78 is 46.7. The van der Waals surface area contributed by atoms with Gasteiger partial charge in [0.25, 0.3) is 0 Å². The number of benzene rings is 3. The molecule has 4 aromatic rings. The first-order valence-electron chi connectivity index (χ1n) is 10.8. The highest BCUT2D eigenvalue weighted by Gasteiger charge is 2.30. The van der Waals surface area contributed by atoms with E-state index in [1.165, 1.54) is 23.9 Å². The average molecular weight is 484 g/mol. The van der Waals surface area contributed by atoms with Crippen LogP contribution in [0.1, 0.15) is 36.5 Å². The summed E-state index contributed by atoms with van der Waals surface area (Å²) in [5, 5.41) is 9.49. The zero-order chi connectivity index (χ0) is 24.3. The Balaban J connectivity index is 1.76. The molecule has 0 fully saturated rings. The third-order valence-corrected chi connectivity index (χ3v) is 6.40. The number of rotatable bonds is 7. The Kier molecular flexibility index (Phi) is 6.97. The monoisotopic (exact) mass is 483 g/mol. The van der Waals surface area contributed by atoms with Crippen molar-refractivity contribution in [3.63, 3.8) is 0 Å². The lowest BCUT2D eigenvalue weighted by molar-refractivity contribution is -0.137. The van der Waals surface area contributed by atoms with Crippen LogP contribution in [0.4, 0.5) is 13.2 Å². The molecule has 0 radical (unpaired) electrons. The van der Waals surface area contributed by atoms with E-state index in [1.54, 1.807) is 13.2 Å². The second-order valence-corrected chi connectivity index (χ2v) is 9.01. The highest BCUT2D eigenvalue weighted by atomic mass is 32.2. The lowest BCUT2D eigenvalue weighted by atomic mass is 10.0. The molecule has 4 nitrogen and oxygen atoms in total. The normalized spacial score (nSPS) is 11.7. The molecule has 0 atom stereocenters. The lowest BCUT2D eigenvalue weighted by Crippen LogP contribution is -2.06. The van der Waals surface area contributed by atoms with Crippen molar-refractivity contribution in [2.75, 3.05) is 7.11 Å². The van der Waals surface area contributed by atoms with Crippen LogP contribution in [-0.2, 0) is 11.9 Å². The number of hydrogen-bond acceptors (Lipinski definition) is 4. The van der Waals surface area contributed by atoms with E-state index < -0.39 is 11.7 Å². The molecule has 3 aromatic carbocycles. The van der Waals surface area contributed by atoms with E-state index in [9.17, 15) is 13.2 Å². The van der Waals surface area contributed by atoms with Crippen LogP contribution in [0.25, 0.3) is 17.1 Å². The van der Waals surface area contributed by atoms with Crippen LogP contribution >= 0.6 is 11.8 Å². The summed E-state index contributed by atoms with van der Waals surface area (Å²) in [5.41, 5.74) is 2.84. The Morgan fingerprint density at radius 1 is 0.941 bits per heavy atom. The van der Waals surface area contributed by atoms with Crippen molar-refractivity contribution >= 4 is 11.8 Å². The Morgan fingerprint density at radius 2 is 1.68 bits per heavy atom. The second kappa shape index (κ2) is 9.93. The highest BCUT2D eigenvalue weighted by Crippen LogP contribution is 2.35. The first-order valence-corrected chi connectivity index (χ1v) is 11.7. The summed E-state index contributed by atoms with van der Waals surface area (Å²) in [6, 6.07) is 21.0. The van der Waals surface area contributed by atoms with Gasteiger partial charge < -0.3 is 4.74 Å². The molecule has 1 aromatic heterocycles. The van der Waals surface area contributed by atoms with Crippen molar-refractivity contribution in [1.82, 2.24) is 14.8 Å². The fourth-order valence-electron chi connectivity index (χ4n) is 3.67. The van der Waals surface area contributed by atoms with Gasteiger partial charge in [-0.2, -0.15) is 13.2 Å². The molecule has 0 saturated heterocycles. The molecular weight excluding hydrogens is 459 g/mol. The van der Waals surface area contributed by atoms with E-state index in [0.29, 0.717) is 22.3 Å². The number of alkyl halides is 3. The minimum atomic E-state index is -4.38. The lowest BCUT2D eigenvalue weighted by Gasteiger charge is -2.17. The summed E-state index contributed by atoms with van der Waals surface area (Å²) in [6.45, 7) is 4.23. The van der Waals surface area contributed by atoms with Crippen LogP contribution < -0.4 is 4.74 Å². The third kappa shape index (κ3) is 5.12. The smallest absolute Gasteiger partial charge is 0.416 e. The maximum absolute atomic E-state index is 13.1. The van der Waals surface area contributed by atoms with Gasteiger partial charge in [-0.25, -0.2) is 0 Å². The minimum absolute atomic E-state index is 0.253. The van der Waals surface area contributed by atoms with Crippen LogP contribution in [0.5, 0.6) is 5.75 Å². The number of ether oxygens (including phenoxy) is 1. The summed E-state index contributed by atoms with van der Waals surface area (Å²) in [7, 11) is 1.61. The quantitative estimate of drug-likeness (QED) is 0.257. The number of thioether (sulfide) groups is 1. The van der Waals surface area contributed by atoms with E-state index in [1.807, 2.05) is 47.0 Å². The van der Waals surface area contributed by atoms with Gasteiger partial charge >= 0.3 is 6.18 Å². The molecule has 0 aliphatic heterocycles. The van der Waals surface area contributed by atoms with Crippen molar-refractivity contribution in [3.05, 3.63) is 89.5 Å². The molecular formula is C26H24F3N3OS. The highest BCUT2D eigenvalue weighted by molar-refractivity contribution is 7.98. The van der Waals surface area contributed by atoms with Crippen molar-refractivity contribution < 1.29 is 17.9 Å². The van der Waals surface area contributed by atoms with Crippen molar-refractivity contribution in [3.8, 4) is 22.8 Å². The topological polar surface area (TPSA) is 39.9 Å². The number of nitrogens with zero attached hydrogens (tertiary/aromatic N) is 3. The molecule has 0 aliphatic rings. The number of aromatic nitrogens is 3. The predicted octanol–water partition coefficient (Wildman–Crippen LogP) is 7.38. The molecule has 0 bridgehead atoms. The fraction of sp³-hybridized carbons (Fsp3) is 0.231. The Morgan fingerprint density at radius 3 is 2.35 bits per heavy atom. The molecule has 176 valence electrons. The SMILES string of the molecule is COc1ccc(-c2nnc(SCc3cccc(C(F)(F)F)c3)n2-c2ccccc2C(C)C)cc1. The first-order chi connectivity index (χ1) is 16.3. The van der Waals surface area contributed by atoms with Crippen LogP contribution in [0.15, 0.2) is 78.0 Å². The van der Waals surface area contributed by atoms with E-state index in [-0.39, 0.29) is 5.92 Å². The second-order valence-electron chi connectivity index (χ2n) is 8.07. The molecule has 8 heteroatoms. The molecule has 0 saturated carbocycles. The van der Waals surface area contributed by atoms with Crippen LogP contribution in [-0.4, -0.2) is 21.9 Å². The average Bonchev–Trinajstić information content (AvgIpc) is 3.26. The number of halogens is 3. The molecule has 0 spiro atoms. The number of hydrogen-bond donors (Lipinski definition) is 0. The van der Waals surface area contributed by atoms with Crippen molar-refractivity contribution in [2.24, 2.45) is 0 Å². The number of para-hydroxylation sites is 1. The first kappa shape index (κ1) is 23.9. The van der Waals surface area contributed by atoms with Crippen LogP contribution in [0, 0.1) is 0 Å². The Hall–Kier alpha value is -3.26. The largest absolute Gasteiger partial charge is 0.497 e. The standard InChI is InChI=1S/C26H24F3N3OS/c1-17(2)22-9-4-5-10-23(22)32-24(19-11-13-21(33-3)14-12-19)30-31-25(32)34-16-18-7-6-8-20(15-18)26(27,28)29/h4-15,17H,16H2,1-3H3. The summed E-state index contributed by atoms with van der Waals surface area (Å²) in [6.07, 6.45) is -4.38. The summed E-state index contributed by atoms with van der Waals surface area (Å²) >= 11 is 1.36. The molecule has 4 rings (SSSR count).